The summed E-state index contributed by atoms with van der Waals surface area (Å²) in [5.41, 5.74) is 3.31. The van der Waals surface area contributed by atoms with E-state index < -0.39 is 5.92 Å². The highest BCUT2D eigenvalue weighted by atomic mass is 19.3. The first kappa shape index (κ1) is 15.4. The lowest BCUT2D eigenvalue weighted by molar-refractivity contribution is 0.0257. The van der Waals surface area contributed by atoms with E-state index >= 15 is 0 Å². The molecule has 0 amide bonds. The first-order valence-corrected chi connectivity index (χ1v) is 8.36. The molecule has 4 nitrogen and oxygen atoms in total. The van der Waals surface area contributed by atoms with Crippen LogP contribution >= 0.6 is 0 Å². The van der Waals surface area contributed by atoms with Crippen molar-refractivity contribution in [3.05, 3.63) is 41.7 Å². The van der Waals surface area contributed by atoms with Crippen LogP contribution in [0.2, 0.25) is 0 Å². The summed E-state index contributed by atoms with van der Waals surface area (Å²) in [5, 5.41) is 4.37. The highest BCUT2D eigenvalue weighted by Gasteiger charge is 2.38. The molecule has 0 atom stereocenters. The lowest BCUT2D eigenvalue weighted by Gasteiger charge is -2.15. The van der Waals surface area contributed by atoms with Gasteiger partial charge in [0.25, 0.3) is 5.92 Å². The third kappa shape index (κ3) is 3.09. The molecule has 0 spiro atoms. The fraction of sp³-hybridized carbons (Fsp3) is 0.500. The fourth-order valence-corrected chi connectivity index (χ4v) is 3.35. The van der Waals surface area contributed by atoms with E-state index in [1.165, 1.54) is 24.0 Å². The van der Waals surface area contributed by atoms with E-state index in [-0.39, 0.29) is 13.0 Å². The van der Waals surface area contributed by atoms with Gasteiger partial charge in [0.15, 0.2) is 0 Å². The Kier molecular flexibility index (Phi) is 3.70. The van der Waals surface area contributed by atoms with Gasteiger partial charge < -0.3 is 9.64 Å². The molecule has 1 aliphatic carbocycles. The zero-order valence-electron chi connectivity index (χ0n) is 13.7. The van der Waals surface area contributed by atoms with Crippen LogP contribution in [0.5, 0.6) is 5.75 Å². The van der Waals surface area contributed by atoms with Gasteiger partial charge in [0, 0.05) is 19.2 Å². The second-order valence-corrected chi connectivity index (χ2v) is 6.76. The van der Waals surface area contributed by atoms with E-state index in [0.717, 1.165) is 11.4 Å². The molecule has 24 heavy (non-hydrogen) atoms. The summed E-state index contributed by atoms with van der Waals surface area (Å²) in [6, 6.07) is 6.16. The SMILES string of the molecule is COc1ccc(Cn2cc(N3CCC(F)(F)C3)cn2)c(C2CC2)c1. The molecule has 1 aromatic carbocycles. The van der Waals surface area contributed by atoms with Crippen LogP contribution in [0, 0.1) is 0 Å². The predicted molar refractivity (Wildman–Crippen MR) is 88.1 cm³/mol. The topological polar surface area (TPSA) is 30.3 Å². The Morgan fingerprint density at radius 3 is 2.83 bits per heavy atom. The average Bonchev–Trinajstić information content (AvgIpc) is 3.20. The van der Waals surface area contributed by atoms with Crippen molar-refractivity contribution < 1.29 is 13.5 Å². The number of benzene rings is 1. The molecule has 4 rings (SSSR count). The van der Waals surface area contributed by atoms with Crippen molar-refractivity contribution in [1.82, 2.24) is 9.78 Å². The third-order valence-electron chi connectivity index (χ3n) is 4.86. The van der Waals surface area contributed by atoms with Gasteiger partial charge in [-0.1, -0.05) is 6.07 Å². The van der Waals surface area contributed by atoms with Gasteiger partial charge in [0.2, 0.25) is 0 Å². The standard InChI is InChI=1S/C18H21F2N3O/c1-24-16-5-4-14(17(8-16)13-2-3-13)10-23-11-15(9-21-23)22-7-6-18(19,20)12-22/h4-5,8-9,11,13H,2-3,6-7,10,12H2,1H3. The lowest BCUT2D eigenvalue weighted by atomic mass is 10.0. The summed E-state index contributed by atoms with van der Waals surface area (Å²) in [7, 11) is 1.68. The summed E-state index contributed by atoms with van der Waals surface area (Å²) < 4.78 is 33.9. The number of nitrogens with zero attached hydrogens (tertiary/aromatic N) is 3. The molecular formula is C18H21F2N3O. The van der Waals surface area contributed by atoms with E-state index in [9.17, 15) is 8.78 Å². The molecule has 1 saturated heterocycles. The summed E-state index contributed by atoms with van der Waals surface area (Å²) in [6.07, 6.45) is 5.90. The maximum Gasteiger partial charge on any atom is 0.266 e. The van der Waals surface area contributed by atoms with Gasteiger partial charge in [-0.2, -0.15) is 5.10 Å². The van der Waals surface area contributed by atoms with E-state index in [1.54, 1.807) is 18.2 Å². The zero-order chi connectivity index (χ0) is 16.7. The molecule has 0 N–H and O–H groups in total. The van der Waals surface area contributed by atoms with Gasteiger partial charge in [-0.05, 0) is 42.0 Å². The summed E-state index contributed by atoms with van der Waals surface area (Å²) in [5.74, 6) is -1.10. The molecule has 1 aliphatic heterocycles. The van der Waals surface area contributed by atoms with Crippen LogP contribution in [0.3, 0.4) is 0 Å². The van der Waals surface area contributed by atoms with Crippen molar-refractivity contribution in [2.24, 2.45) is 0 Å². The van der Waals surface area contributed by atoms with Gasteiger partial charge >= 0.3 is 0 Å². The fourth-order valence-electron chi connectivity index (χ4n) is 3.35. The molecule has 0 radical (unpaired) electrons. The number of methoxy groups -OCH3 is 1. The maximum atomic E-state index is 13.4. The van der Waals surface area contributed by atoms with E-state index in [1.807, 2.05) is 16.9 Å². The van der Waals surface area contributed by atoms with Gasteiger partial charge in [0.05, 0.1) is 32.1 Å². The minimum absolute atomic E-state index is 0.0809. The predicted octanol–water partition coefficient (Wildman–Crippen LogP) is 3.66. The normalized spacial score (nSPS) is 19.7. The Balaban J connectivity index is 1.52. The number of hydrogen-bond acceptors (Lipinski definition) is 3. The lowest BCUT2D eigenvalue weighted by Crippen LogP contribution is -2.24. The quantitative estimate of drug-likeness (QED) is 0.836. The monoisotopic (exact) mass is 333 g/mol. The molecule has 0 bridgehead atoms. The molecule has 128 valence electrons. The third-order valence-corrected chi connectivity index (χ3v) is 4.86. The highest BCUT2D eigenvalue weighted by Crippen LogP contribution is 2.43. The molecule has 0 unspecified atom stereocenters. The van der Waals surface area contributed by atoms with Crippen molar-refractivity contribution in [2.75, 3.05) is 25.1 Å². The molecular weight excluding hydrogens is 312 g/mol. The number of aromatic nitrogens is 2. The second kappa shape index (κ2) is 5.76. The number of anilines is 1. The van der Waals surface area contributed by atoms with Crippen LogP contribution in [0.25, 0.3) is 0 Å². The molecule has 2 aromatic rings. The van der Waals surface area contributed by atoms with Crippen LogP contribution in [-0.2, 0) is 6.54 Å². The van der Waals surface area contributed by atoms with E-state index in [4.69, 9.17) is 4.74 Å². The Morgan fingerprint density at radius 1 is 1.33 bits per heavy atom. The molecule has 2 aliphatic rings. The highest BCUT2D eigenvalue weighted by molar-refractivity contribution is 5.45. The number of ether oxygens (including phenoxy) is 1. The number of halogens is 2. The Labute approximate surface area is 140 Å². The van der Waals surface area contributed by atoms with Crippen molar-refractivity contribution >= 4 is 5.69 Å². The van der Waals surface area contributed by atoms with Crippen molar-refractivity contribution in [1.29, 1.82) is 0 Å². The first-order valence-electron chi connectivity index (χ1n) is 8.36. The smallest absolute Gasteiger partial charge is 0.266 e. The minimum atomic E-state index is -2.59. The Morgan fingerprint density at radius 2 is 2.17 bits per heavy atom. The first-order chi connectivity index (χ1) is 11.5. The van der Waals surface area contributed by atoms with Crippen LogP contribution in [0.4, 0.5) is 14.5 Å². The van der Waals surface area contributed by atoms with Gasteiger partial charge in [-0.15, -0.1) is 0 Å². The van der Waals surface area contributed by atoms with Gasteiger partial charge in [-0.25, -0.2) is 8.78 Å². The van der Waals surface area contributed by atoms with E-state index in [2.05, 4.69) is 17.2 Å². The molecule has 2 heterocycles. The Hall–Kier alpha value is -2.11. The molecule has 1 aromatic heterocycles. The van der Waals surface area contributed by atoms with Crippen molar-refractivity contribution in [2.45, 2.75) is 37.6 Å². The minimum Gasteiger partial charge on any atom is -0.497 e. The van der Waals surface area contributed by atoms with Crippen molar-refractivity contribution in [3.8, 4) is 5.75 Å². The van der Waals surface area contributed by atoms with Gasteiger partial charge in [-0.3, -0.25) is 4.68 Å². The second-order valence-electron chi connectivity index (χ2n) is 6.76. The molecule has 1 saturated carbocycles. The van der Waals surface area contributed by atoms with Crippen LogP contribution < -0.4 is 9.64 Å². The average molecular weight is 333 g/mol. The summed E-state index contributed by atoms with van der Waals surface area (Å²) in [6.45, 7) is 0.823. The molecule has 6 heteroatoms. The summed E-state index contributed by atoms with van der Waals surface area (Å²) >= 11 is 0. The van der Waals surface area contributed by atoms with Crippen LogP contribution in [-0.4, -0.2) is 35.9 Å². The van der Waals surface area contributed by atoms with E-state index in [0.29, 0.717) is 19.0 Å². The number of alkyl halides is 2. The van der Waals surface area contributed by atoms with Gasteiger partial charge in [0.1, 0.15) is 5.75 Å². The van der Waals surface area contributed by atoms with Crippen LogP contribution in [0.15, 0.2) is 30.6 Å². The van der Waals surface area contributed by atoms with Crippen molar-refractivity contribution in [3.63, 3.8) is 0 Å². The molecule has 2 fully saturated rings. The Bertz CT molecular complexity index is 740. The summed E-state index contributed by atoms with van der Waals surface area (Å²) in [4.78, 5) is 1.71. The largest absolute Gasteiger partial charge is 0.497 e. The number of hydrogen-bond donors (Lipinski definition) is 0. The maximum absolute atomic E-state index is 13.4. The zero-order valence-corrected chi connectivity index (χ0v) is 13.7. The number of rotatable bonds is 5. The van der Waals surface area contributed by atoms with Crippen LogP contribution in [0.1, 0.15) is 36.3 Å².